The van der Waals surface area contributed by atoms with E-state index in [2.05, 4.69) is 20.9 Å². The molecular weight excluding hydrogens is 492 g/mol. The lowest BCUT2D eigenvalue weighted by molar-refractivity contribution is -0.142. The van der Waals surface area contributed by atoms with Crippen molar-refractivity contribution in [2.24, 2.45) is 33.8 Å². The molecule has 13 N–H and O–H groups in total. The number of hydrogen-bond acceptors (Lipinski definition) is 8. The number of primary amides is 1. The highest BCUT2D eigenvalue weighted by Crippen LogP contribution is 2.07. The summed E-state index contributed by atoms with van der Waals surface area (Å²) >= 11 is 0. The van der Waals surface area contributed by atoms with Crippen molar-refractivity contribution in [1.82, 2.24) is 16.0 Å². The van der Waals surface area contributed by atoms with E-state index >= 15 is 0 Å². The zero-order valence-electron chi connectivity index (χ0n) is 20.9. The zero-order chi connectivity index (χ0) is 28.7. The van der Waals surface area contributed by atoms with Gasteiger partial charge in [-0.2, -0.15) is 0 Å². The molecule has 16 heteroatoms. The lowest BCUT2D eigenvalue weighted by Gasteiger charge is -2.27. The second-order valence-corrected chi connectivity index (χ2v) is 8.68. The standard InChI is InChI=1S/C21H38N8O8/c1-10(2)16(29-17(33)11(22)5-8-15(31)32)19(35)27-12(6-7-14(23)30)18(34)28-13(20(36)37)4-3-9-26-21(24)25/h10-13,16H,3-9,22H2,1-2H3,(H2,23,30)(H,27,35)(H,28,34)(H,29,33)(H,31,32)(H,36,37)(H4,24,25,26). The molecule has 0 aromatic heterocycles. The quantitative estimate of drug-likeness (QED) is 0.0480. The van der Waals surface area contributed by atoms with E-state index in [1.54, 1.807) is 13.8 Å². The first-order valence-electron chi connectivity index (χ1n) is 11.6. The number of aliphatic imine (C=N–C) groups is 1. The maximum Gasteiger partial charge on any atom is 0.326 e. The van der Waals surface area contributed by atoms with Crippen LogP contribution in [0, 0.1) is 5.92 Å². The van der Waals surface area contributed by atoms with Crippen molar-refractivity contribution in [2.75, 3.05) is 6.54 Å². The van der Waals surface area contributed by atoms with Gasteiger partial charge in [0.25, 0.3) is 0 Å². The number of nitrogens with one attached hydrogen (secondary N) is 3. The molecule has 0 bridgehead atoms. The molecule has 0 aliphatic heterocycles. The van der Waals surface area contributed by atoms with Gasteiger partial charge in [-0.05, 0) is 31.6 Å². The first kappa shape index (κ1) is 33.0. The smallest absolute Gasteiger partial charge is 0.326 e. The summed E-state index contributed by atoms with van der Waals surface area (Å²) in [7, 11) is 0. The Kier molecular flexibility index (Phi) is 14.9. The van der Waals surface area contributed by atoms with Crippen LogP contribution >= 0.6 is 0 Å². The largest absolute Gasteiger partial charge is 0.481 e. The van der Waals surface area contributed by atoms with Crippen LogP contribution in [0.2, 0.25) is 0 Å². The summed E-state index contributed by atoms with van der Waals surface area (Å²) in [6.07, 6.45) is -0.815. The Balaban J connectivity index is 5.46. The van der Waals surface area contributed by atoms with Crippen molar-refractivity contribution < 1.29 is 39.0 Å². The van der Waals surface area contributed by atoms with Crippen molar-refractivity contribution in [3.8, 4) is 0 Å². The van der Waals surface area contributed by atoms with Crippen LogP contribution in [0.5, 0.6) is 0 Å². The third-order valence-electron chi connectivity index (χ3n) is 5.13. The number of nitrogens with zero attached hydrogens (tertiary/aromatic N) is 1. The van der Waals surface area contributed by atoms with E-state index in [4.69, 9.17) is 28.0 Å². The summed E-state index contributed by atoms with van der Waals surface area (Å²) in [5.74, 6) is -6.30. The summed E-state index contributed by atoms with van der Waals surface area (Å²) < 4.78 is 0. The van der Waals surface area contributed by atoms with Crippen molar-refractivity contribution in [3.05, 3.63) is 0 Å². The van der Waals surface area contributed by atoms with Gasteiger partial charge in [0, 0.05) is 19.4 Å². The summed E-state index contributed by atoms with van der Waals surface area (Å²) in [4.78, 5) is 75.5. The molecule has 0 fully saturated rings. The number of rotatable bonds is 18. The number of hydrogen-bond donors (Lipinski definition) is 9. The number of guanidine groups is 1. The van der Waals surface area contributed by atoms with E-state index in [9.17, 15) is 33.9 Å². The molecule has 0 saturated heterocycles. The summed E-state index contributed by atoms with van der Waals surface area (Å²) in [6.45, 7) is 3.36. The van der Waals surface area contributed by atoms with E-state index in [-0.39, 0.29) is 51.0 Å². The minimum absolute atomic E-state index is 0.0206. The number of carbonyl (C=O) groups is 6. The fourth-order valence-corrected chi connectivity index (χ4v) is 3.06. The van der Waals surface area contributed by atoms with Crippen molar-refractivity contribution in [1.29, 1.82) is 0 Å². The molecule has 0 aliphatic rings. The third-order valence-corrected chi connectivity index (χ3v) is 5.13. The Hall–Kier alpha value is -3.95. The predicted octanol–water partition coefficient (Wildman–Crippen LogP) is -3.31. The normalized spacial score (nSPS) is 13.9. The second kappa shape index (κ2) is 16.7. The first-order valence-corrected chi connectivity index (χ1v) is 11.6. The second-order valence-electron chi connectivity index (χ2n) is 8.68. The Morgan fingerprint density at radius 1 is 0.784 bits per heavy atom. The molecule has 0 radical (unpaired) electrons. The minimum Gasteiger partial charge on any atom is -0.481 e. The van der Waals surface area contributed by atoms with Crippen molar-refractivity contribution in [3.63, 3.8) is 0 Å². The molecule has 0 spiro atoms. The van der Waals surface area contributed by atoms with Crippen LogP contribution in [0.4, 0.5) is 0 Å². The third kappa shape index (κ3) is 14.3. The minimum atomic E-state index is -1.35. The van der Waals surface area contributed by atoms with Crippen LogP contribution in [-0.4, -0.2) is 82.5 Å². The van der Waals surface area contributed by atoms with Gasteiger partial charge in [0.05, 0.1) is 6.04 Å². The number of nitrogens with two attached hydrogens (primary N) is 4. The maximum absolute atomic E-state index is 13.0. The van der Waals surface area contributed by atoms with E-state index < -0.39 is 65.7 Å². The van der Waals surface area contributed by atoms with E-state index in [0.29, 0.717) is 0 Å². The number of amides is 4. The van der Waals surface area contributed by atoms with E-state index in [1.165, 1.54) is 0 Å². The summed E-state index contributed by atoms with van der Waals surface area (Å²) in [5, 5.41) is 25.4. The van der Waals surface area contributed by atoms with Gasteiger partial charge in [-0.15, -0.1) is 0 Å². The molecule has 0 aromatic rings. The number of carboxylic acids is 2. The van der Waals surface area contributed by atoms with Gasteiger partial charge >= 0.3 is 11.9 Å². The highest BCUT2D eigenvalue weighted by atomic mass is 16.4. The van der Waals surface area contributed by atoms with Crippen LogP contribution in [0.15, 0.2) is 4.99 Å². The molecular formula is C21H38N8O8. The van der Waals surface area contributed by atoms with Crippen molar-refractivity contribution in [2.45, 2.75) is 76.5 Å². The summed E-state index contributed by atoms with van der Waals surface area (Å²) in [6, 6.07) is -5.03. The highest BCUT2D eigenvalue weighted by Gasteiger charge is 2.31. The number of aliphatic carboxylic acids is 2. The van der Waals surface area contributed by atoms with Gasteiger partial charge in [0.1, 0.15) is 18.1 Å². The van der Waals surface area contributed by atoms with Gasteiger partial charge in [0.2, 0.25) is 23.6 Å². The maximum atomic E-state index is 13.0. The van der Waals surface area contributed by atoms with Crippen LogP contribution in [0.3, 0.4) is 0 Å². The average Bonchev–Trinajstić information content (AvgIpc) is 2.79. The number of carboxylic acid groups (broad SMARTS) is 2. The molecule has 4 amide bonds. The SMILES string of the molecule is CC(C)C(NC(=O)C(N)CCC(=O)O)C(=O)NC(CCC(N)=O)C(=O)NC(CCCN=C(N)N)C(=O)O. The fourth-order valence-electron chi connectivity index (χ4n) is 3.06. The predicted molar refractivity (Wildman–Crippen MR) is 131 cm³/mol. The van der Waals surface area contributed by atoms with E-state index in [1.807, 2.05) is 0 Å². The Labute approximate surface area is 214 Å². The molecule has 0 rings (SSSR count). The van der Waals surface area contributed by atoms with Crippen LogP contribution < -0.4 is 38.9 Å². The lowest BCUT2D eigenvalue weighted by atomic mass is 10.0. The lowest BCUT2D eigenvalue weighted by Crippen LogP contribution is -2.58. The molecule has 16 nitrogen and oxygen atoms in total. The molecule has 37 heavy (non-hydrogen) atoms. The zero-order valence-corrected chi connectivity index (χ0v) is 20.9. The Morgan fingerprint density at radius 3 is 1.86 bits per heavy atom. The van der Waals surface area contributed by atoms with Crippen LogP contribution in [-0.2, 0) is 28.8 Å². The molecule has 0 aliphatic carbocycles. The number of carbonyl (C=O) groups excluding carboxylic acids is 4. The van der Waals surface area contributed by atoms with E-state index in [0.717, 1.165) is 0 Å². The topological polar surface area (TPSA) is 295 Å². The highest BCUT2D eigenvalue weighted by molar-refractivity contribution is 5.94. The monoisotopic (exact) mass is 530 g/mol. The summed E-state index contributed by atoms with van der Waals surface area (Å²) in [5.41, 5.74) is 21.3. The molecule has 4 unspecified atom stereocenters. The Bertz CT molecular complexity index is 859. The molecule has 210 valence electrons. The van der Waals surface area contributed by atoms with Crippen molar-refractivity contribution >= 4 is 41.5 Å². The molecule has 0 aromatic carbocycles. The van der Waals surface area contributed by atoms with Crippen LogP contribution in [0.25, 0.3) is 0 Å². The van der Waals surface area contributed by atoms with Gasteiger partial charge in [-0.3, -0.25) is 29.0 Å². The molecule has 0 heterocycles. The fraction of sp³-hybridized carbons (Fsp3) is 0.667. The molecule has 0 saturated carbocycles. The first-order chi connectivity index (χ1) is 17.1. The van der Waals surface area contributed by atoms with Crippen LogP contribution in [0.1, 0.15) is 52.4 Å². The van der Waals surface area contributed by atoms with Gasteiger partial charge in [-0.1, -0.05) is 13.8 Å². The van der Waals surface area contributed by atoms with Gasteiger partial charge in [-0.25, -0.2) is 4.79 Å². The van der Waals surface area contributed by atoms with Gasteiger partial charge < -0.3 is 49.1 Å². The average molecular weight is 531 g/mol. The van der Waals surface area contributed by atoms with Gasteiger partial charge in [0.15, 0.2) is 5.96 Å². The Morgan fingerprint density at radius 2 is 1.38 bits per heavy atom. The molecule has 4 atom stereocenters.